The molecule has 5 nitrogen and oxygen atoms in total. The van der Waals surface area contributed by atoms with Crippen LogP contribution in [0.3, 0.4) is 0 Å². The number of nitrogens with one attached hydrogen (secondary N) is 1. The van der Waals surface area contributed by atoms with Gasteiger partial charge in [0.15, 0.2) is 9.84 Å². The number of sulfone groups is 1. The Kier molecular flexibility index (Phi) is 5.88. The topological polar surface area (TPSA) is 72.5 Å². The van der Waals surface area contributed by atoms with E-state index in [2.05, 4.69) is 12.2 Å². The highest BCUT2D eigenvalue weighted by Gasteiger charge is 2.49. The number of ether oxygens (including phenoxy) is 1. The van der Waals surface area contributed by atoms with E-state index >= 15 is 0 Å². The van der Waals surface area contributed by atoms with Gasteiger partial charge in [-0.25, -0.2) is 8.42 Å². The largest absolute Gasteiger partial charge is 0.376 e. The first kappa shape index (κ1) is 17.7. The summed E-state index contributed by atoms with van der Waals surface area (Å²) in [5.41, 5.74) is 0. The van der Waals surface area contributed by atoms with Crippen molar-refractivity contribution in [2.45, 2.75) is 69.1 Å². The van der Waals surface area contributed by atoms with Gasteiger partial charge in [-0.1, -0.05) is 32.6 Å². The van der Waals surface area contributed by atoms with Gasteiger partial charge in [-0.3, -0.25) is 4.79 Å². The number of hydrogen-bond donors (Lipinski definition) is 1. The smallest absolute Gasteiger partial charge is 0.241 e. The van der Waals surface area contributed by atoms with Crippen molar-refractivity contribution in [3.8, 4) is 0 Å². The minimum atomic E-state index is -3.38. The Morgan fingerprint density at radius 2 is 1.82 bits per heavy atom. The molecule has 0 saturated heterocycles. The summed E-state index contributed by atoms with van der Waals surface area (Å²) in [4.78, 5) is 12.4. The van der Waals surface area contributed by atoms with Crippen LogP contribution in [0.5, 0.6) is 0 Å². The van der Waals surface area contributed by atoms with Gasteiger partial charge in [0.25, 0.3) is 0 Å². The van der Waals surface area contributed by atoms with Gasteiger partial charge in [0.05, 0.1) is 12.7 Å². The zero-order valence-electron chi connectivity index (χ0n) is 13.8. The summed E-state index contributed by atoms with van der Waals surface area (Å²) in [5, 5.41) is 2.78. The number of hydrogen-bond acceptors (Lipinski definition) is 4. The average molecular weight is 331 g/mol. The minimum absolute atomic E-state index is 0.279. The van der Waals surface area contributed by atoms with Gasteiger partial charge in [0.2, 0.25) is 5.91 Å². The molecule has 2 fully saturated rings. The van der Waals surface area contributed by atoms with Crippen LogP contribution in [0.15, 0.2) is 0 Å². The van der Waals surface area contributed by atoms with Crippen LogP contribution in [0.1, 0.15) is 58.3 Å². The molecule has 0 aromatic carbocycles. The van der Waals surface area contributed by atoms with Crippen molar-refractivity contribution in [1.29, 1.82) is 0 Å². The fraction of sp³-hybridized carbons (Fsp3) is 0.938. The molecule has 0 aromatic rings. The highest BCUT2D eigenvalue weighted by molar-refractivity contribution is 7.92. The third-order valence-corrected chi connectivity index (χ3v) is 7.30. The summed E-state index contributed by atoms with van der Waals surface area (Å²) in [7, 11) is -3.38. The Bertz CT molecular complexity index is 482. The molecule has 128 valence electrons. The average Bonchev–Trinajstić information content (AvgIpc) is 2.95. The quantitative estimate of drug-likeness (QED) is 0.756. The highest BCUT2D eigenvalue weighted by atomic mass is 32.2. The second kappa shape index (κ2) is 7.30. The molecule has 0 spiro atoms. The van der Waals surface area contributed by atoms with E-state index in [4.69, 9.17) is 4.74 Å². The van der Waals surface area contributed by atoms with Gasteiger partial charge < -0.3 is 10.1 Å². The third-order valence-electron chi connectivity index (χ3n) is 5.29. The first-order valence-electron chi connectivity index (χ1n) is 8.46. The van der Waals surface area contributed by atoms with Crippen LogP contribution in [-0.2, 0) is 19.4 Å². The lowest BCUT2D eigenvalue weighted by Gasteiger charge is -2.29. The van der Waals surface area contributed by atoms with Gasteiger partial charge in [-0.05, 0) is 31.6 Å². The van der Waals surface area contributed by atoms with Crippen LogP contribution >= 0.6 is 0 Å². The van der Waals surface area contributed by atoms with Crippen molar-refractivity contribution in [2.75, 3.05) is 19.4 Å². The van der Waals surface area contributed by atoms with Gasteiger partial charge in [0, 0.05) is 12.8 Å². The van der Waals surface area contributed by atoms with Crippen LogP contribution in [0.4, 0.5) is 0 Å². The molecule has 0 bridgehead atoms. The Labute approximate surface area is 134 Å². The standard InChI is InChI=1S/C16H29NO4S/c1-13-7-3-4-8-14(13)21-12-11-17-15(18)16(22(2,19)20)9-5-6-10-16/h13-14H,3-12H2,1-2H3,(H,17,18)/t13-,14-/m1/s1. The minimum Gasteiger partial charge on any atom is -0.376 e. The summed E-state index contributed by atoms with van der Waals surface area (Å²) in [5.74, 6) is 0.231. The molecule has 2 saturated carbocycles. The van der Waals surface area contributed by atoms with Crippen LogP contribution < -0.4 is 5.32 Å². The maximum Gasteiger partial charge on any atom is 0.241 e. The predicted octanol–water partition coefficient (Wildman–Crippen LogP) is 2.06. The van der Waals surface area contributed by atoms with E-state index in [1.54, 1.807) is 0 Å². The molecule has 0 aliphatic heterocycles. The molecule has 1 amide bonds. The molecular weight excluding hydrogens is 302 g/mol. The lowest BCUT2D eigenvalue weighted by molar-refractivity contribution is -0.124. The Hall–Kier alpha value is -0.620. The Balaban J connectivity index is 1.80. The monoisotopic (exact) mass is 331 g/mol. The molecule has 22 heavy (non-hydrogen) atoms. The molecule has 0 heterocycles. The fourth-order valence-corrected chi connectivity index (χ4v) is 5.22. The molecule has 2 rings (SSSR count). The molecule has 1 N–H and O–H groups in total. The van der Waals surface area contributed by atoms with Crippen molar-refractivity contribution >= 4 is 15.7 Å². The zero-order chi connectivity index (χ0) is 16.2. The van der Waals surface area contributed by atoms with E-state index in [1.165, 1.54) is 25.5 Å². The van der Waals surface area contributed by atoms with Crippen LogP contribution in [0.2, 0.25) is 0 Å². The maximum atomic E-state index is 12.4. The van der Waals surface area contributed by atoms with E-state index in [-0.39, 0.29) is 12.0 Å². The molecule has 0 unspecified atom stereocenters. The first-order chi connectivity index (χ1) is 10.4. The predicted molar refractivity (Wildman–Crippen MR) is 86.4 cm³/mol. The lowest BCUT2D eigenvalue weighted by atomic mass is 9.88. The fourth-order valence-electron chi connectivity index (χ4n) is 3.78. The van der Waals surface area contributed by atoms with Crippen LogP contribution in [0, 0.1) is 5.92 Å². The zero-order valence-corrected chi connectivity index (χ0v) is 14.6. The normalized spacial score (nSPS) is 28.5. The molecule has 0 aromatic heterocycles. The van der Waals surface area contributed by atoms with Gasteiger partial charge >= 0.3 is 0 Å². The van der Waals surface area contributed by atoms with Crippen LogP contribution in [0.25, 0.3) is 0 Å². The molecule has 0 radical (unpaired) electrons. The number of rotatable bonds is 6. The second-order valence-corrected chi connectivity index (χ2v) is 9.23. The van der Waals surface area contributed by atoms with E-state index in [9.17, 15) is 13.2 Å². The Morgan fingerprint density at radius 3 is 2.41 bits per heavy atom. The Morgan fingerprint density at radius 1 is 1.18 bits per heavy atom. The van der Waals surface area contributed by atoms with Gasteiger partial charge in [-0.15, -0.1) is 0 Å². The van der Waals surface area contributed by atoms with E-state index < -0.39 is 14.6 Å². The first-order valence-corrected chi connectivity index (χ1v) is 10.4. The van der Waals surface area contributed by atoms with Crippen molar-refractivity contribution < 1.29 is 17.9 Å². The summed E-state index contributed by atoms with van der Waals surface area (Å²) in [6, 6.07) is 0. The summed E-state index contributed by atoms with van der Waals surface area (Å²) >= 11 is 0. The van der Waals surface area contributed by atoms with Crippen molar-refractivity contribution in [3.63, 3.8) is 0 Å². The second-order valence-electron chi connectivity index (χ2n) is 6.90. The SMILES string of the molecule is C[C@@H]1CCCC[C@H]1OCCNC(=O)C1(S(C)(=O)=O)CCCC1. The van der Waals surface area contributed by atoms with Crippen LogP contribution in [-0.4, -0.2) is 44.6 Å². The summed E-state index contributed by atoms with van der Waals surface area (Å²) < 4.78 is 28.7. The molecule has 2 aliphatic carbocycles. The van der Waals surface area contributed by atoms with Gasteiger partial charge in [0.1, 0.15) is 4.75 Å². The van der Waals surface area contributed by atoms with E-state index in [0.717, 1.165) is 19.3 Å². The molecule has 2 atom stereocenters. The van der Waals surface area contributed by atoms with Crippen molar-refractivity contribution in [1.82, 2.24) is 5.32 Å². The van der Waals surface area contributed by atoms with E-state index in [1.807, 2.05) is 0 Å². The van der Waals surface area contributed by atoms with E-state index in [0.29, 0.717) is 31.9 Å². The molecule has 2 aliphatic rings. The summed E-state index contributed by atoms with van der Waals surface area (Å²) in [6.07, 6.45) is 8.71. The third kappa shape index (κ3) is 3.82. The highest BCUT2D eigenvalue weighted by Crippen LogP contribution is 2.36. The number of amides is 1. The molecule has 6 heteroatoms. The summed E-state index contributed by atoms with van der Waals surface area (Å²) in [6.45, 7) is 3.06. The van der Waals surface area contributed by atoms with Crippen molar-refractivity contribution in [2.24, 2.45) is 5.92 Å². The van der Waals surface area contributed by atoms with Gasteiger partial charge in [-0.2, -0.15) is 0 Å². The lowest BCUT2D eigenvalue weighted by Crippen LogP contribution is -2.51. The number of carbonyl (C=O) groups excluding carboxylic acids is 1. The van der Waals surface area contributed by atoms with Crippen molar-refractivity contribution in [3.05, 3.63) is 0 Å². The number of carbonyl (C=O) groups is 1. The maximum absolute atomic E-state index is 12.4. The molecular formula is C16H29NO4S.